The maximum atomic E-state index is 11.9. The molecular weight excluding hydrogens is 282 g/mol. The van der Waals surface area contributed by atoms with Crippen molar-refractivity contribution in [1.29, 1.82) is 0 Å². The summed E-state index contributed by atoms with van der Waals surface area (Å²) in [6.45, 7) is 2.11. The Morgan fingerprint density at radius 1 is 1.00 bits per heavy atom. The molecule has 1 fully saturated rings. The van der Waals surface area contributed by atoms with Gasteiger partial charge in [-0.2, -0.15) is 0 Å². The van der Waals surface area contributed by atoms with Gasteiger partial charge in [0.25, 0.3) is 0 Å². The van der Waals surface area contributed by atoms with E-state index in [1.807, 2.05) is 18.2 Å². The average Bonchev–Trinajstić information content (AvgIpc) is 2.58. The highest BCUT2D eigenvalue weighted by atomic mass is 16.1. The molecule has 2 nitrogen and oxygen atoms in total. The third kappa shape index (κ3) is 3.47. The van der Waals surface area contributed by atoms with Gasteiger partial charge in [-0.15, -0.1) is 0 Å². The highest BCUT2D eigenvalue weighted by molar-refractivity contribution is 5.94. The van der Waals surface area contributed by atoms with Crippen LogP contribution in [0.1, 0.15) is 65.1 Å². The molecule has 0 aliphatic heterocycles. The number of rotatable bonds is 4. The van der Waals surface area contributed by atoms with E-state index in [9.17, 15) is 4.79 Å². The molecule has 2 heteroatoms. The molecule has 0 bridgehead atoms. The van der Waals surface area contributed by atoms with E-state index in [4.69, 9.17) is 5.73 Å². The van der Waals surface area contributed by atoms with Crippen molar-refractivity contribution in [3.05, 3.63) is 70.8 Å². The van der Waals surface area contributed by atoms with Gasteiger partial charge >= 0.3 is 0 Å². The molecule has 1 unspecified atom stereocenters. The van der Waals surface area contributed by atoms with E-state index in [0.717, 1.165) is 5.56 Å². The molecule has 23 heavy (non-hydrogen) atoms. The van der Waals surface area contributed by atoms with Crippen LogP contribution in [0, 0.1) is 12.8 Å². The summed E-state index contributed by atoms with van der Waals surface area (Å²) >= 11 is 0. The van der Waals surface area contributed by atoms with Gasteiger partial charge in [-0.1, -0.05) is 67.3 Å². The van der Waals surface area contributed by atoms with E-state index in [0.29, 0.717) is 11.5 Å². The third-order valence-corrected chi connectivity index (χ3v) is 5.12. The Labute approximate surface area is 138 Å². The summed E-state index contributed by atoms with van der Waals surface area (Å²) in [6, 6.07) is 16.6. The summed E-state index contributed by atoms with van der Waals surface area (Å²) in [5, 5.41) is 0. The first-order valence-electron chi connectivity index (χ1n) is 8.62. The van der Waals surface area contributed by atoms with Crippen LogP contribution in [0.15, 0.2) is 48.5 Å². The Kier molecular flexibility index (Phi) is 4.80. The molecule has 0 saturated heterocycles. The lowest BCUT2D eigenvalue weighted by Gasteiger charge is -2.32. The second-order valence-electron chi connectivity index (χ2n) is 6.74. The molecule has 0 radical (unpaired) electrons. The smallest absolute Gasteiger partial charge is 0.248 e. The molecular formula is C21H25NO. The predicted octanol–water partition coefficient (Wildman–Crippen LogP) is 4.81. The van der Waals surface area contributed by atoms with Gasteiger partial charge in [-0.05, 0) is 42.9 Å². The molecule has 3 rings (SSSR count). The van der Waals surface area contributed by atoms with Crippen LogP contribution in [0.25, 0.3) is 0 Å². The van der Waals surface area contributed by atoms with Crippen LogP contribution >= 0.6 is 0 Å². The Balaban J connectivity index is 2.08. The number of primary amides is 1. The average molecular weight is 307 g/mol. The minimum atomic E-state index is -0.325. The number of nitrogens with two attached hydrogens (primary N) is 1. The van der Waals surface area contributed by atoms with E-state index in [2.05, 4.69) is 37.3 Å². The Morgan fingerprint density at radius 3 is 2.30 bits per heavy atom. The first kappa shape index (κ1) is 15.8. The van der Waals surface area contributed by atoms with Crippen molar-refractivity contribution < 1.29 is 4.79 Å². The van der Waals surface area contributed by atoms with Crippen molar-refractivity contribution in [3.8, 4) is 0 Å². The summed E-state index contributed by atoms with van der Waals surface area (Å²) in [5.41, 5.74) is 9.97. The van der Waals surface area contributed by atoms with E-state index in [1.54, 1.807) is 0 Å². The van der Waals surface area contributed by atoms with Gasteiger partial charge in [-0.3, -0.25) is 4.79 Å². The van der Waals surface area contributed by atoms with Gasteiger partial charge in [-0.25, -0.2) is 0 Å². The summed E-state index contributed by atoms with van der Waals surface area (Å²) < 4.78 is 0. The zero-order valence-electron chi connectivity index (χ0n) is 13.8. The fourth-order valence-electron chi connectivity index (χ4n) is 3.94. The van der Waals surface area contributed by atoms with Crippen LogP contribution in [-0.4, -0.2) is 5.91 Å². The minimum absolute atomic E-state index is 0.264. The summed E-state index contributed by atoms with van der Waals surface area (Å²) in [6.07, 6.45) is 6.35. The van der Waals surface area contributed by atoms with Crippen molar-refractivity contribution in [3.63, 3.8) is 0 Å². The fraction of sp³-hybridized carbons (Fsp3) is 0.381. The van der Waals surface area contributed by atoms with Crippen LogP contribution in [0.5, 0.6) is 0 Å². The van der Waals surface area contributed by atoms with E-state index < -0.39 is 0 Å². The molecule has 2 aromatic rings. The molecule has 1 saturated carbocycles. The van der Waals surface area contributed by atoms with Crippen molar-refractivity contribution >= 4 is 5.91 Å². The van der Waals surface area contributed by atoms with E-state index in [1.165, 1.54) is 43.2 Å². The van der Waals surface area contributed by atoms with Crippen LogP contribution in [-0.2, 0) is 0 Å². The number of amides is 1. The van der Waals surface area contributed by atoms with Gasteiger partial charge in [0.05, 0.1) is 0 Å². The van der Waals surface area contributed by atoms with E-state index in [-0.39, 0.29) is 11.8 Å². The molecule has 1 atom stereocenters. The molecule has 2 N–H and O–H groups in total. The number of carbonyl (C=O) groups excluding carboxylic acids is 1. The Morgan fingerprint density at radius 2 is 1.65 bits per heavy atom. The standard InChI is InChI=1S/C21H25NO/c1-15-11-13-17(14-12-15)20(16-7-3-2-4-8-16)18-9-5-6-10-19(18)21(22)23/h5-6,9-14,16,20H,2-4,7-8H2,1H3,(H2,22,23). The monoisotopic (exact) mass is 307 g/mol. The van der Waals surface area contributed by atoms with Crippen molar-refractivity contribution in [2.24, 2.45) is 11.7 Å². The van der Waals surface area contributed by atoms with Crippen molar-refractivity contribution in [2.45, 2.75) is 44.9 Å². The quantitative estimate of drug-likeness (QED) is 0.865. The topological polar surface area (TPSA) is 43.1 Å². The van der Waals surface area contributed by atoms with Crippen LogP contribution in [0.2, 0.25) is 0 Å². The second-order valence-corrected chi connectivity index (χ2v) is 6.74. The normalized spacial score (nSPS) is 16.9. The summed E-state index contributed by atoms with van der Waals surface area (Å²) in [7, 11) is 0. The summed E-state index contributed by atoms with van der Waals surface area (Å²) in [4.78, 5) is 11.9. The second kappa shape index (κ2) is 6.99. The number of hydrogen-bond donors (Lipinski definition) is 1. The van der Waals surface area contributed by atoms with Crippen LogP contribution < -0.4 is 5.73 Å². The van der Waals surface area contributed by atoms with Gasteiger partial charge in [0.1, 0.15) is 0 Å². The van der Waals surface area contributed by atoms with E-state index >= 15 is 0 Å². The zero-order valence-corrected chi connectivity index (χ0v) is 13.8. The lowest BCUT2D eigenvalue weighted by Crippen LogP contribution is -2.22. The molecule has 120 valence electrons. The third-order valence-electron chi connectivity index (χ3n) is 5.12. The zero-order chi connectivity index (χ0) is 16.2. The molecule has 0 heterocycles. The molecule has 0 aromatic heterocycles. The largest absolute Gasteiger partial charge is 0.366 e. The lowest BCUT2D eigenvalue weighted by atomic mass is 9.72. The van der Waals surface area contributed by atoms with Gasteiger partial charge in [0, 0.05) is 11.5 Å². The number of hydrogen-bond acceptors (Lipinski definition) is 1. The first-order chi connectivity index (χ1) is 11.2. The Hall–Kier alpha value is -2.09. The van der Waals surface area contributed by atoms with Gasteiger partial charge in [0.15, 0.2) is 0 Å². The van der Waals surface area contributed by atoms with Crippen molar-refractivity contribution in [2.75, 3.05) is 0 Å². The maximum absolute atomic E-state index is 11.9. The highest BCUT2D eigenvalue weighted by Gasteiger charge is 2.28. The number of carbonyl (C=O) groups is 1. The molecule has 0 spiro atoms. The van der Waals surface area contributed by atoms with Crippen LogP contribution in [0.4, 0.5) is 0 Å². The highest BCUT2D eigenvalue weighted by Crippen LogP contribution is 2.41. The number of benzene rings is 2. The lowest BCUT2D eigenvalue weighted by molar-refractivity contribution is 0.0998. The van der Waals surface area contributed by atoms with Gasteiger partial charge < -0.3 is 5.73 Å². The fourth-order valence-corrected chi connectivity index (χ4v) is 3.94. The Bertz CT molecular complexity index is 668. The first-order valence-corrected chi connectivity index (χ1v) is 8.62. The SMILES string of the molecule is Cc1ccc(C(c2ccccc2C(N)=O)C2CCCCC2)cc1. The number of aryl methyl sites for hydroxylation is 1. The molecule has 1 aliphatic rings. The molecule has 2 aromatic carbocycles. The predicted molar refractivity (Wildman–Crippen MR) is 94.6 cm³/mol. The molecule has 1 aliphatic carbocycles. The molecule has 1 amide bonds. The summed E-state index contributed by atoms with van der Waals surface area (Å²) in [5.74, 6) is 0.528. The van der Waals surface area contributed by atoms with Gasteiger partial charge in [0.2, 0.25) is 5.91 Å². The van der Waals surface area contributed by atoms with Crippen LogP contribution in [0.3, 0.4) is 0 Å². The van der Waals surface area contributed by atoms with Crippen molar-refractivity contribution in [1.82, 2.24) is 0 Å². The minimum Gasteiger partial charge on any atom is -0.366 e. The maximum Gasteiger partial charge on any atom is 0.248 e.